The first-order valence-corrected chi connectivity index (χ1v) is 9.36. The number of nitrogens with zero attached hydrogens (tertiary/aromatic N) is 5. The van der Waals surface area contributed by atoms with E-state index in [0.29, 0.717) is 12.3 Å². The lowest BCUT2D eigenvalue weighted by molar-refractivity contribution is -0.132. The highest BCUT2D eigenvalue weighted by atomic mass is 16.5. The molecule has 2 aromatic heterocycles. The van der Waals surface area contributed by atoms with Gasteiger partial charge in [-0.3, -0.25) is 9.69 Å². The number of carbonyl (C=O) groups excluding carboxylic acids is 1. The van der Waals surface area contributed by atoms with Gasteiger partial charge in [0.05, 0.1) is 23.5 Å². The summed E-state index contributed by atoms with van der Waals surface area (Å²) in [5.41, 5.74) is 2.72. The van der Waals surface area contributed by atoms with Gasteiger partial charge in [-0.15, -0.1) is 0 Å². The third-order valence-electron chi connectivity index (χ3n) is 5.00. The summed E-state index contributed by atoms with van der Waals surface area (Å²) < 4.78 is 5.43. The number of hydrogen-bond donors (Lipinski definition) is 0. The summed E-state index contributed by atoms with van der Waals surface area (Å²) in [4.78, 5) is 25.3. The minimum atomic E-state index is 0.199. The zero-order valence-corrected chi connectivity index (χ0v) is 15.8. The van der Waals surface area contributed by atoms with Gasteiger partial charge in [-0.05, 0) is 40.2 Å². The number of hydrogen-bond acceptors (Lipinski definition) is 6. The number of likely N-dealkylation sites (tertiary alicyclic amines) is 1. The van der Waals surface area contributed by atoms with Crippen molar-refractivity contribution in [1.29, 1.82) is 0 Å². The predicted molar refractivity (Wildman–Crippen MR) is 98.6 cm³/mol. The second-order valence-electron chi connectivity index (χ2n) is 6.79. The van der Waals surface area contributed by atoms with Crippen LogP contribution in [0, 0.1) is 6.92 Å². The molecule has 140 valence electrons. The average Bonchev–Trinajstić information content (AvgIpc) is 3.09. The molecule has 1 saturated heterocycles. The van der Waals surface area contributed by atoms with Crippen LogP contribution in [0.3, 0.4) is 0 Å². The van der Waals surface area contributed by atoms with Gasteiger partial charge in [0.1, 0.15) is 6.33 Å². The van der Waals surface area contributed by atoms with E-state index < -0.39 is 0 Å². The molecule has 3 heterocycles. The normalized spacial score (nSPS) is 18.0. The van der Waals surface area contributed by atoms with Gasteiger partial charge in [0.25, 0.3) is 0 Å². The molecule has 3 rings (SSSR count). The summed E-state index contributed by atoms with van der Waals surface area (Å²) >= 11 is 0. The molecule has 1 atom stereocenters. The van der Waals surface area contributed by atoms with Crippen molar-refractivity contribution >= 4 is 5.91 Å². The van der Waals surface area contributed by atoms with Crippen molar-refractivity contribution in [3.63, 3.8) is 0 Å². The molecule has 1 amide bonds. The van der Waals surface area contributed by atoms with Gasteiger partial charge < -0.3 is 9.42 Å². The Morgan fingerprint density at radius 2 is 2.19 bits per heavy atom. The Kier molecular flexibility index (Phi) is 5.98. The first kappa shape index (κ1) is 18.5. The minimum Gasteiger partial charge on any atom is -0.356 e. The highest BCUT2D eigenvalue weighted by Gasteiger charge is 2.27. The topological polar surface area (TPSA) is 75.4 Å². The average molecular weight is 357 g/mol. The molecule has 1 fully saturated rings. The molecule has 26 heavy (non-hydrogen) atoms. The third-order valence-corrected chi connectivity index (χ3v) is 5.00. The van der Waals surface area contributed by atoms with Gasteiger partial charge in [0.2, 0.25) is 5.91 Å². The zero-order chi connectivity index (χ0) is 18.5. The molecule has 1 unspecified atom stereocenters. The van der Waals surface area contributed by atoms with Crippen LogP contribution in [0.4, 0.5) is 0 Å². The minimum absolute atomic E-state index is 0.199. The van der Waals surface area contributed by atoms with E-state index in [1.807, 2.05) is 31.7 Å². The molecule has 0 bridgehead atoms. The summed E-state index contributed by atoms with van der Waals surface area (Å²) in [5, 5.41) is 3.98. The highest BCUT2D eigenvalue weighted by Crippen LogP contribution is 2.32. The summed E-state index contributed by atoms with van der Waals surface area (Å²) in [7, 11) is 0. The largest absolute Gasteiger partial charge is 0.356 e. The Hall–Kier alpha value is -2.28. The van der Waals surface area contributed by atoms with Crippen molar-refractivity contribution < 1.29 is 9.32 Å². The second kappa shape index (κ2) is 8.40. The van der Waals surface area contributed by atoms with Crippen LogP contribution in [-0.4, -0.2) is 63.6 Å². The van der Waals surface area contributed by atoms with Crippen LogP contribution < -0.4 is 0 Å². The van der Waals surface area contributed by atoms with E-state index in [2.05, 4.69) is 20.0 Å². The van der Waals surface area contributed by atoms with Gasteiger partial charge in [0, 0.05) is 37.8 Å². The molecule has 0 aromatic carbocycles. The van der Waals surface area contributed by atoms with E-state index in [9.17, 15) is 4.79 Å². The molecule has 0 spiro atoms. The van der Waals surface area contributed by atoms with E-state index >= 15 is 0 Å². The molecule has 0 saturated carbocycles. The molecular formula is C19H27N5O2. The van der Waals surface area contributed by atoms with Gasteiger partial charge in [-0.25, -0.2) is 9.97 Å². The summed E-state index contributed by atoms with van der Waals surface area (Å²) in [6.45, 7) is 9.70. The Morgan fingerprint density at radius 3 is 2.88 bits per heavy atom. The van der Waals surface area contributed by atoms with Crippen LogP contribution >= 0.6 is 0 Å². The Labute approximate surface area is 154 Å². The summed E-state index contributed by atoms with van der Waals surface area (Å²) in [5.74, 6) is 1.16. The Morgan fingerprint density at radius 1 is 1.38 bits per heavy atom. The van der Waals surface area contributed by atoms with E-state index in [4.69, 9.17) is 4.52 Å². The fourth-order valence-electron chi connectivity index (χ4n) is 3.63. The SMILES string of the molecule is CCN(CC)C(=O)CN1CCCC(c2ncncc2-c2cc(C)no2)C1. The number of piperidine rings is 1. The van der Waals surface area contributed by atoms with Crippen LogP contribution in [-0.2, 0) is 4.79 Å². The molecule has 1 aliphatic rings. The lowest BCUT2D eigenvalue weighted by Gasteiger charge is -2.33. The van der Waals surface area contributed by atoms with Crippen molar-refractivity contribution in [2.75, 3.05) is 32.7 Å². The van der Waals surface area contributed by atoms with Crippen molar-refractivity contribution in [3.8, 4) is 11.3 Å². The fraction of sp³-hybridized carbons (Fsp3) is 0.579. The van der Waals surface area contributed by atoms with Crippen LogP contribution in [0.2, 0.25) is 0 Å². The van der Waals surface area contributed by atoms with Gasteiger partial charge in [0.15, 0.2) is 5.76 Å². The molecule has 0 aliphatic carbocycles. The Bertz CT molecular complexity index is 741. The van der Waals surface area contributed by atoms with Gasteiger partial charge >= 0.3 is 0 Å². The quantitative estimate of drug-likeness (QED) is 0.791. The van der Waals surface area contributed by atoms with E-state index in [-0.39, 0.29) is 11.8 Å². The first-order chi connectivity index (χ1) is 12.6. The number of carbonyl (C=O) groups is 1. The first-order valence-electron chi connectivity index (χ1n) is 9.36. The summed E-state index contributed by atoms with van der Waals surface area (Å²) in [6.07, 6.45) is 5.48. The maximum Gasteiger partial charge on any atom is 0.236 e. The van der Waals surface area contributed by atoms with Crippen molar-refractivity contribution in [1.82, 2.24) is 24.9 Å². The lowest BCUT2D eigenvalue weighted by Crippen LogP contribution is -2.43. The highest BCUT2D eigenvalue weighted by molar-refractivity contribution is 5.78. The van der Waals surface area contributed by atoms with E-state index in [1.165, 1.54) is 0 Å². The molecule has 2 aromatic rings. The monoisotopic (exact) mass is 357 g/mol. The number of likely N-dealkylation sites (N-methyl/N-ethyl adjacent to an activating group) is 1. The Balaban J connectivity index is 1.75. The molecular weight excluding hydrogens is 330 g/mol. The maximum atomic E-state index is 12.4. The van der Waals surface area contributed by atoms with Crippen LogP contribution in [0.25, 0.3) is 11.3 Å². The number of rotatable bonds is 6. The van der Waals surface area contributed by atoms with Crippen LogP contribution in [0.5, 0.6) is 0 Å². The lowest BCUT2D eigenvalue weighted by atomic mass is 9.91. The number of aromatic nitrogens is 3. The maximum absolute atomic E-state index is 12.4. The molecule has 0 radical (unpaired) electrons. The van der Waals surface area contributed by atoms with Crippen molar-refractivity contribution in [2.24, 2.45) is 0 Å². The second-order valence-corrected chi connectivity index (χ2v) is 6.79. The predicted octanol–water partition coefficient (Wildman–Crippen LogP) is 2.49. The van der Waals surface area contributed by atoms with Gasteiger partial charge in [-0.1, -0.05) is 5.16 Å². The van der Waals surface area contributed by atoms with Crippen LogP contribution in [0.1, 0.15) is 44.0 Å². The van der Waals surface area contributed by atoms with Gasteiger partial charge in [-0.2, -0.15) is 0 Å². The molecule has 1 aliphatic heterocycles. The molecule has 0 N–H and O–H groups in total. The smallest absolute Gasteiger partial charge is 0.236 e. The standard InChI is InChI=1S/C19H27N5O2/c1-4-24(5-2)18(25)12-23-8-6-7-15(11-23)19-16(10-20-13-21-19)17-9-14(3)22-26-17/h9-10,13,15H,4-8,11-12H2,1-3H3. The van der Waals surface area contributed by atoms with E-state index in [0.717, 1.165) is 56.0 Å². The molecule has 7 heteroatoms. The van der Waals surface area contributed by atoms with Crippen molar-refractivity contribution in [3.05, 3.63) is 30.0 Å². The number of amides is 1. The summed E-state index contributed by atoms with van der Waals surface area (Å²) in [6, 6.07) is 1.91. The molecule has 7 nitrogen and oxygen atoms in total. The zero-order valence-electron chi connectivity index (χ0n) is 15.8. The number of aryl methyl sites for hydroxylation is 1. The van der Waals surface area contributed by atoms with Crippen LogP contribution in [0.15, 0.2) is 23.1 Å². The third kappa shape index (κ3) is 4.09. The fourth-order valence-corrected chi connectivity index (χ4v) is 3.63. The van der Waals surface area contributed by atoms with Crippen molar-refractivity contribution in [2.45, 2.75) is 39.5 Å². The van der Waals surface area contributed by atoms with E-state index in [1.54, 1.807) is 12.5 Å².